The molecular weight excluding hydrogens is 362 g/mol. The fourth-order valence-corrected chi connectivity index (χ4v) is 3.71. The molecule has 0 aromatic heterocycles. The number of sulfone groups is 1. The predicted molar refractivity (Wildman–Crippen MR) is 98.1 cm³/mol. The molecule has 2 rings (SSSR count). The standard InChI is InChI=1S/C18H20ClNO4S/c1-12(13-5-8-15(24-3)9-6-13)20(2)18(21)14-7-10-16(19)17(11-14)25(4,22)23/h5-12H,1-4H3. The number of carbonyl (C=O) groups is 1. The maximum atomic E-state index is 12.7. The molecule has 0 aliphatic heterocycles. The Labute approximate surface area is 153 Å². The lowest BCUT2D eigenvalue weighted by molar-refractivity contribution is 0.0742. The number of hydrogen-bond donors (Lipinski definition) is 0. The number of benzene rings is 2. The van der Waals surface area contributed by atoms with Gasteiger partial charge in [0, 0.05) is 18.9 Å². The number of nitrogens with zero attached hydrogens (tertiary/aromatic N) is 1. The summed E-state index contributed by atoms with van der Waals surface area (Å²) < 4.78 is 28.7. The number of rotatable bonds is 5. The molecule has 0 bridgehead atoms. The van der Waals surface area contributed by atoms with Crippen molar-refractivity contribution in [1.82, 2.24) is 4.90 Å². The Morgan fingerprint density at radius 3 is 2.28 bits per heavy atom. The second kappa shape index (κ2) is 7.45. The Morgan fingerprint density at radius 2 is 1.76 bits per heavy atom. The molecule has 0 aliphatic rings. The lowest BCUT2D eigenvalue weighted by Crippen LogP contribution is -2.29. The largest absolute Gasteiger partial charge is 0.497 e. The van der Waals surface area contributed by atoms with E-state index in [4.69, 9.17) is 16.3 Å². The highest BCUT2D eigenvalue weighted by Gasteiger charge is 2.21. The van der Waals surface area contributed by atoms with Crippen molar-refractivity contribution >= 4 is 27.3 Å². The highest BCUT2D eigenvalue weighted by molar-refractivity contribution is 7.90. The number of hydrogen-bond acceptors (Lipinski definition) is 4. The molecule has 0 saturated carbocycles. The number of amides is 1. The normalized spacial score (nSPS) is 12.5. The zero-order valence-electron chi connectivity index (χ0n) is 14.5. The summed E-state index contributed by atoms with van der Waals surface area (Å²) in [6, 6.07) is 11.5. The second-order valence-corrected chi connectivity index (χ2v) is 8.17. The van der Waals surface area contributed by atoms with E-state index in [1.807, 2.05) is 31.2 Å². The Kier molecular flexibility index (Phi) is 5.75. The Morgan fingerprint density at radius 1 is 1.16 bits per heavy atom. The summed E-state index contributed by atoms with van der Waals surface area (Å²) in [5, 5.41) is 0.102. The highest BCUT2D eigenvalue weighted by atomic mass is 35.5. The van der Waals surface area contributed by atoms with Crippen molar-refractivity contribution in [3.8, 4) is 5.75 Å². The Hall–Kier alpha value is -2.05. The summed E-state index contributed by atoms with van der Waals surface area (Å²) >= 11 is 5.94. The van der Waals surface area contributed by atoms with Crippen molar-refractivity contribution in [3.05, 3.63) is 58.6 Å². The first-order chi connectivity index (χ1) is 11.6. The van der Waals surface area contributed by atoms with Gasteiger partial charge in [0.1, 0.15) is 5.75 Å². The van der Waals surface area contributed by atoms with Crippen LogP contribution in [0.5, 0.6) is 5.75 Å². The van der Waals surface area contributed by atoms with E-state index >= 15 is 0 Å². The molecule has 2 aromatic carbocycles. The van der Waals surface area contributed by atoms with Crippen LogP contribution in [0.25, 0.3) is 0 Å². The van der Waals surface area contributed by atoms with Crippen LogP contribution in [0.2, 0.25) is 5.02 Å². The number of halogens is 1. The van der Waals surface area contributed by atoms with Crippen LogP contribution in [0.15, 0.2) is 47.4 Å². The lowest BCUT2D eigenvalue weighted by atomic mass is 10.1. The van der Waals surface area contributed by atoms with Gasteiger partial charge in [-0.1, -0.05) is 23.7 Å². The lowest BCUT2D eigenvalue weighted by Gasteiger charge is -2.26. The molecule has 25 heavy (non-hydrogen) atoms. The number of ether oxygens (including phenoxy) is 1. The number of carbonyl (C=O) groups excluding carboxylic acids is 1. The molecule has 0 heterocycles. The van der Waals surface area contributed by atoms with Crippen molar-refractivity contribution in [2.45, 2.75) is 17.9 Å². The molecule has 134 valence electrons. The molecule has 7 heteroatoms. The highest BCUT2D eigenvalue weighted by Crippen LogP contribution is 2.26. The summed E-state index contributed by atoms with van der Waals surface area (Å²) in [4.78, 5) is 14.2. The molecule has 0 spiro atoms. The van der Waals surface area contributed by atoms with Gasteiger partial charge in [-0.3, -0.25) is 4.79 Å². The van der Waals surface area contributed by atoms with Gasteiger partial charge in [-0.2, -0.15) is 0 Å². The first-order valence-corrected chi connectivity index (χ1v) is 9.83. The van der Waals surface area contributed by atoms with E-state index in [1.54, 1.807) is 19.1 Å². The van der Waals surface area contributed by atoms with Gasteiger partial charge in [-0.25, -0.2) is 8.42 Å². The average Bonchev–Trinajstić information content (AvgIpc) is 2.59. The summed E-state index contributed by atoms with van der Waals surface area (Å²) in [6.07, 6.45) is 1.06. The summed E-state index contributed by atoms with van der Waals surface area (Å²) in [5.74, 6) is 0.449. The minimum absolute atomic E-state index is 0.0504. The van der Waals surface area contributed by atoms with E-state index in [2.05, 4.69) is 0 Å². The molecule has 0 N–H and O–H groups in total. The van der Waals surface area contributed by atoms with Crippen molar-refractivity contribution in [1.29, 1.82) is 0 Å². The SMILES string of the molecule is COc1ccc(C(C)N(C)C(=O)c2ccc(Cl)c(S(C)(=O)=O)c2)cc1. The predicted octanol–water partition coefficient (Wildman–Crippen LogP) is 3.59. The minimum Gasteiger partial charge on any atom is -0.497 e. The summed E-state index contributed by atoms with van der Waals surface area (Å²) in [6.45, 7) is 1.90. The molecule has 1 unspecified atom stereocenters. The van der Waals surface area contributed by atoms with Gasteiger partial charge in [-0.05, 0) is 42.8 Å². The van der Waals surface area contributed by atoms with E-state index in [9.17, 15) is 13.2 Å². The van der Waals surface area contributed by atoms with Crippen molar-refractivity contribution in [3.63, 3.8) is 0 Å². The van der Waals surface area contributed by atoms with E-state index in [0.717, 1.165) is 17.6 Å². The summed E-state index contributed by atoms with van der Waals surface area (Å²) in [5.41, 5.74) is 1.21. The van der Waals surface area contributed by atoms with Gasteiger partial charge in [-0.15, -0.1) is 0 Å². The molecule has 0 aliphatic carbocycles. The first-order valence-electron chi connectivity index (χ1n) is 7.56. The monoisotopic (exact) mass is 381 g/mol. The second-order valence-electron chi connectivity index (χ2n) is 5.78. The van der Waals surface area contributed by atoms with Gasteiger partial charge in [0.2, 0.25) is 0 Å². The molecule has 0 radical (unpaired) electrons. The maximum Gasteiger partial charge on any atom is 0.254 e. The summed E-state index contributed by atoms with van der Waals surface area (Å²) in [7, 11) is -0.248. The molecule has 5 nitrogen and oxygen atoms in total. The molecule has 2 aromatic rings. The Balaban J connectivity index is 2.30. The van der Waals surface area contributed by atoms with E-state index in [1.165, 1.54) is 18.2 Å². The maximum absolute atomic E-state index is 12.7. The first kappa shape index (κ1) is 19.3. The smallest absolute Gasteiger partial charge is 0.254 e. The van der Waals surface area contributed by atoms with E-state index in [-0.39, 0.29) is 27.4 Å². The zero-order chi connectivity index (χ0) is 18.8. The number of methoxy groups -OCH3 is 1. The van der Waals surface area contributed by atoms with Crippen LogP contribution in [0.3, 0.4) is 0 Å². The van der Waals surface area contributed by atoms with Crippen LogP contribution < -0.4 is 4.74 Å². The van der Waals surface area contributed by atoms with Crippen molar-refractivity contribution in [2.75, 3.05) is 20.4 Å². The van der Waals surface area contributed by atoms with Gasteiger partial charge < -0.3 is 9.64 Å². The van der Waals surface area contributed by atoms with Crippen LogP contribution >= 0.6 is 11.6 Å². The van der Waals surface area contributed by atoms with Gasteiger partial charge in [0.15, 0.2) is 9.84 Å². The topological polar surface area (TPSA) is 63.7 Å². The van der Waals surface area contributed by atoms with E-state index < -0.39 is 9.84 Å². The van der Waals surface area contributed by atoms with Crippen LogP contribution in [-0.4, -0.2) is 39.6 Å². The van der Waals surface area contributed by atoms with Crippen LogP contribution in [0.4, 0.5) is 0 Å². The molecule has 0 fully saturated rings. The van der Waals surface area contributed by atoms with Gasteiger partial charge in [0.05, 0.1) is 23.1 Å². The third-order valence-electron chi connectivity index (χ3n) is 4.08. The third kappa shape index (κ3) is 4.32. The van der Waals surface area contributed by atoms with E-state index in [0.29, 0.717) is 0 Å². The van der Waals surface area contributed by atoms with Crippen LogP contribution in [-0.2, 0) is 9.84 Å². The van der Waals surface area contributed by atoms with Crippen molar-refractivity contribution < 1.29 is 17.9 Å². The molecular formula is C18H20ClNO4S. The van der Waals surface area contributed by atoms with Crippen molar-refractivity contribution in [2.24, 2.45) is 0 Å². The zero-order valence-corrected chi connectivity index (χ0v) is 16.1. The fraction of sp³-hybridized carbons (Fsp3) is 0.278. The van der Waals surface area contributed by atoms with Gasteiger partial charge in [0.25, 0.3) is 5.91 Å². The third-order valence-corrected chi connectivity index (χ3v) is 5.66. The van der Waals surface area contributed by atoms with Crippen LogP contribution in [0.1, 0.15) is 28.9 Å². The molecule has 1 amide bonds. The molecule has 0 saturated heterocycles. The Bertz CT molecular complexity index is 878. The average molecular weight is 382 g/mol. The molecule has 1 atom stereocenters. The quantitative estimate of drug-likeness (QED) is 0.794. The van der Waals surface area contributed by atoms with Crippen LogP contribution in [0, 0.1) is 0 Å². The fourth-order valence-electron chi connectivity index (χ4n) is 2.41. The minimum atomic E-state index is -3.51. The van der Waals surface area contributed by atoms with Gasteiger partial charge >= 0.3 is 0 Å².